The maximum atomic E-state index is 4.41. The molecule has 3 rings (SSSR count). The lowest BCUT2D eigenvalue weighted by molar-refractivity contribution is 0.437. The van der Waals surface area contributed by atoms with Crippen LogP contribution >= 0.6 is 0 Å². The van der Waals surface area contributed by atoms with Gasteiger partial charge >= 0.3 is 0 Å². The summed E-state index contributed by atoms with van der Waals surface area (Å²) in [5.41, 5.74) is 3.02. The highest BCUT2D eigenvalue weighted by Gasteiger charge is 2.29. The Kier molecular flexibility index (Phi) is 3.83. The van der Waals surface area contributed by atoms with Crippen LogP contribution in [0.3, 0.4) is 0 Å². The van der Waals surface area contributed by atoms with Gasteiger partial charge in [0.15, 0.2) is 0 Å². The maximum Gasteiger partial charge on any atom is 0.138 e. The second-order valence-corrected chi connectivity index (χ2v) is 5.44. The summed E-state index contributed by atoms with van der Waals surface area (Å²) in [6.07, 6.45) is 5.02. The van der Waals surface area contributed by atoms with Crippen LogP contribution in [0.5, 0.6) is 0 Å². The van der Waals surface area contributed by atoms with E-state index in [0.29, 0.717) is 12.0 Å². The van der Waals surface area contributed by atoms with E-state index in [4.69, 9.17) is 0 Å². The summed E-state index contributed by atoms with van der Waals surface area (Å²) in [5.74, 6) is 1.66. The van der Waals surface area contributed by atoms with Crippen LogP contribution in [0.4, 0.5) is 0 Å². The van der Waals surface area contributed by atoms with Crippen molar-refractivity contribution >= 4 is 0 Å². The molecule has 0 fully saturated rings. The predicted octanol–water partition coefficient (Wildman–Crippen LogP) is 2.16. The highest BCUT2D eigenvalue weighted by Crippen LogP contribution is 2.36. The van der Waals surface area contributed by atoms with Crippen LogP contribution in [0, 0.1) is 0 Å². The first kappa shape index (κ1) is 13.3. The van der Waals surface area contributed by atoms with Gasteiger partial charge in [-0.25, -0.2) is 4.98 Å². The molecule has 0 radical (unpaired) electrons. The summed E-state index contributed by atoms with van der Waals surface area (Å²) in [7, 11) is 2.05. The smallest absolute Gasteiger partial charge is 0.138 e. The van der Waals surface area contributed by atoms with E-state index in [2.05, 4.69) is 53.6 Å². The molecule has 1 heterocycles. The minimum atomic E-state index is 0.424. The van der Waals surface area contributed by atoms with Crippen LogP contribution in [-0.4, -0.2) is 27.9 Å². The lowest BCUT2D eigenvalue weighted by Gasteiger charge is -2.24. The number of nitrogens with one attached hydrogen (secondary N) is 1. The van der Waals surface area contributed by atoms with Crippen LogP contribution in [0.25, 0.3) is 0 Å². The van der Waals surface area contributed by atoms with E-state index in [9.17, 15) is 0 Å². The van der Waals surface area contributed by atoms with Crippen LogP contribution in [0.1, 0.15) is 36.2 Å². The molecule has 1 aliphatic carbocycles. The van der Waals surface area contributed by atoms with E-state index in [0.717, 1.165) is 18.8 Å². The van der Waals surface area contributed by atoms with Crippen molar-refractivity contribution in [3.05, 3.63) is 47.5 Å². The maximum absolute atomic E-state index is 4.41. The van der Waals surface area contributed by atoms with Gasteiger partial charge in [0.05, 0.1) is 0 Å². The first-order chi connectivity index (χ1) is 9.83. The van der Waals surface area contributed by atoms with Gasteiger partial charge in [-0.1, -0.05) is 24.3 Å². The molecule has 0 saturated carbocycles. The van der Waals surface area contributed by atoms with Gasteiger partial charge in [-0.2, -0.15) is 5.10 Å². The Morgan fingerprint density at radius 3 is 3.05 bits per heavy atom. The van der Waals surface area contributed by atoms with E-state index < -0.39 is 0 Å². The Morgan fingerprint density at radius 2 is 2.25 bits per heavy atom. The van der Waals surface area contributed by atoms with E-state index >= 15 is 0 Å². The molecule has 4 nitrogen and oxygen atoms in total. The lowest BCUT2D eigenvalue weighted by atomic mass is 9.91. The quantitative estimate of drug-likeness (QED) is 0.905. The average molecular weight is 270 g/mol. The van der Waals surface area contributed by atoms with Gasteiger partial charge in [-0.3, -0.25) is 4.68 Å². The first-order valence-corrected chi connectivity index (χ1v) is 7.45. The third kappa shape index (κ3) is 2.36. The van der Waals surface area contributed by atoms with Crippen molar-refractivity contribution in [2.75, 3.05) is 7.05 Å². The molecule has 2 atom stereocenters. The molecule has 0 bridgehead atoms. The molecule has 20 heavy (non-hydrogen) atoms. The number of rotatable bonds is 5. The Bertz CT molecular complexity index is 575. The van der Waals surface area contributed by atoms with Crippen molar-refractivity contribution in [2.24, 2.45) is 0 Å². The standard InChI is InChI=1S/C16H22N4/c1-3-20-16(18-11-19-20)10-15(17-2)14-9-8-12-6-4-5-7-13(12)14/h4-7,11,14-15,17H,3,8-10H2,1-2H3. The Balaban J connectivity index is 1.81. The van der Waals surface area contributed by atoms with Gasteiger partial charge in [0.1, 0.15) is 12.2 Å². The summed E-state index contributed by atoms with van der Waals surface area (Å²) in [6, 6.07) is 9.26. The Labute approximate surface area is 120 Å². The van der Waals surface area contributed by atoms with Crippen molar-refractivity contribution in [3.63, 3.8) is 0 Å². The summed E-state index contributed by atoms with van der Waals surface area (Å²) in [5, 5.41) is 7.76. The molecule has 4 heteroatoms. The molecule has 1 N–H and O–H groups in total. The fourth-order valence-electron chi connectivity index (χ4n) is 3.36. The molecule has 1 aromatic carbocycles. The first-order valence-electron chi connectivity index (χ1n) is 7.45. The van der Waals surface area contributed by atoms with Crippen LogP contribution < -0.4 is 5.32 Å². The highest BCUT2D eigenvalue weighted by atomic mass is 15.3. The lowest BCUT2D eigenvalue weighted by Crippen LogP contribution is -2.34. The van der Waals surface area contributed by atoms with Crippen molar-refractivity contribution < 1.29 is 0 Å². The van der Waals surface area contributed by atoms with Gasteiger partial charge in [-0.15, -0.1) is 0 Å². The van der Waals surface area contributed by atoms with Crippen molar-refractivity contribution in [1.29, 1.82) is 0 Å². The van der Waals surface area contributed by atoms with Crippen LogP contribution in [-0.2, 0) is 19.4 Å². The van der Waals surface area contributed by atoms with E-state index in [-0.39, 0.29) is 0 Å². The summed E-state index contributed by atoms with van der Waals surface area (Å²) in [4.78, 5) is 4.41. The van der Waals surface area contributed by atoms with Gasteiger partial charge in [0, 0.05) is 24.9 Å². The fraction of sp³-hybridized carbons (Fsp3) is 0.500. The van der Waals surface area contributed by atoms with E-state index in [1.807, 2.05) is 4.68 Å². The summed E-state index contributed by atoms with van der Waals surface area (Å²) < 4.78 is 1.99. The summed E-state index contributed by atoms with van der Waals surface area (Å²) in [6.45, 7) is 2.99. The van der Waals surface area contributed by atoms with Crippen molar-refractivity contribution in [1.82, 2.24) is 20.1 Å². The Morgan fingerprint density at radius 1 is 1.40 bits per heavy atom. The van der Waals surface area contributed by atoms with Crippen LogP contribution in [0.2, 0.25) is 0 Å². The summed E-state index contributed by atoms with van der Waals surface area (Å²) >= 11 is 0. The molecule has 0 amide bonds. The molecule has 0 aliphatic heterocycles. The molecule has 1 aromatic heterocycles. The topological polar surface area (TPSA) is 42.7 Å². The molecule has 2 unspecified atom stereocenters. The SMILES string of the molecule is CCn1ncnc1CC(NC)C1CCc2ccccc21. The number of fused-ring (bicyclic) bond motifs is 1. The normalized spacial score (nSPS) is 19.0. The third-order valence-electron chi connectivity index (χ3n) is 4.43. The highest BCUT2D eigenvalue weighted by molar-refractivity contribution is 5.36. The monoisotopic (exact) mass is 270 g/mol. The van der Waals surface area contributed by atoms with E-state index in [1.165, 1.54) is 24.0 Å². The second-order valence-electron chi connectivity index (χ2n) is 5.44. The molecule has 106 valence electrons. The van der Waals surface area contributed by atoms with E-state index in [1.54, 1.807) is 6.33 Å². The van der Waals surface area contributed by atoms with Crippen molar-refractivity contribution in [3.8, 4) is 0 Å². The number of benzene rings is 1. The van der Waals surface area contributed by atoms with Gasteiger partial charge in [-0.05, 0) is 37.9 Å². The molecular formula is C16H22N4. The van der Waals surface area contributed by atoms with Gasteiger partial charge < -0.3 is 5.32 Å². The third-order valence-corrected chi connectivity index (χ3v) is 4.43. The number of aryl methyl sites for hydroxylation is 2. The number of hydrogen-bond donors (Lipinski definition) is 1. The zero-order valence-electron chi connectivity index (χ0n) is 12.2. The fourth-order valence-corrected chi connectivity index (χ4v) is 3.36. The number of aromatic nitrogens is 3. The number of likely N-dealkylation sites (N-methyl/N-ethyl adjacent to an activating group) is 1. The zero-order chi connectivity index (χ0) is 13.9. The van der Waals surface area contributed by atoms with Crippen molar-refractivity contribution in [2.45, 2.75) is 44.7 Å². The average Bonchev–Trinajstić information content (AvgIpc) is 3.11. The largest absolute Gasteiger partial charge is 0.316 e. The van der Waals surface area contributed by atoms with Gasteiger partial charge in [0.25, 0.3) is 0 Å². The zero-order valence-corrected chi connectivity index (χ0v) is 12.2. The Hall–Kier alpha value is -1.68. The van der Waals surface area contributed by atoms with Crippen LogP contribution in [0.15, 0.2) is 30.6 Å². The minimum absolute atomic E-state index is 0.424. The minimum Gasteiger partial charge on any atom is -0.316 e. The predicted molar refractivity (Wildman–Crippen MR) is 79.8 cm³/mol. The molecular weight excluding hydrogens is 248 g/mol. The molecule has 1 aliphatic rings. The number of hydrogen-bond acceptors (Lipinski definition) is 3. The molecule has 0 saturated heterocycles. The second kappa shape index (κ2) is 5.75. The van der Waals surface area contributed by atoms with Gasteiger partial charge in [0.2, 0.25) is 0 Å². The molecule has 0 spiro atoms. The molecule has 2 aromatic rings. The number of nitrogens with zero attached hydrogens (tertiary/aromatic N) is 3.